The maximum Gasteiger partial charge on any atom is 0.115 e. The predicted molar refractivity (Wildman–Crippen MR) is 213 cm³/mol. The molecule has 0 fully saturated rings. The lowest BCUT2D eigenvalue weighted by molar-refractivity contribution is 1.48. The number of nitrogens with zero attached hydrogens (tertiary/aromatic N) is 1. The van der Waals surface area contributed by atoms with Crippen LogP contribution in [0, 0.1) is 4.91 Å². The molecule has 10 rings (SSSR count). The molecule has 0 saturated carbocycles. The Morgan fingerprint density at radius 3 is 0.980 bits per heavy atom. The molecule has 0 atom stereocenters. The van der Waals surface area contributed by atoms with Gasteiger partial charge >= 0.3 is 0 Å². The molecule has 0 amide bonds. The largest absolute Gasteiger partial charge is 0.145 e. The number of rotatable bonds is 4. The van der Waals surface area contributed by atoms with Crippen LogP contribution in [-0.2, 0) is 0 Å². The van der Waals surface area contributed by atoms with Crippen LogP contribution >= 0.6 is 0 Å². The molecule has 0 unspecified atom stereocenters. The smallest absolute Gasteiger partial charge is 0.115 e. The second kappa shape index (κ2) is 11.2. The van der Waals surface area contributed by atoms with Gasteiger partial charge in [0.15, 0.2) is 0 Å². The van der Waals surface area contributed by atoms with E-state index in [1.54, 1.807) is 6.07 Å². The fourth-order valence-corrected chi connectivity index (χ4v) is 8.09. The molecule has 232 valence electrons. The molecule has 0 radical (unpaired) electrons. The van der Waals surface area contributed by atoms with E-state index in [-0.39, 0.29) is 0 Å². The van der Waals surface area contributed by atoms with Gasteiger partial charge in [-0.05, 0) is 134 Å². The summed E-state index contributed by atoms with van der Waals surface area (Å²) in [6.45, 7) is 0. The van der Waals surface area contributed by atoms with Crippen molar-refractivity contribution in [3.8, 4) is 33.4 Å². The highest BCUT2D eigenvalue weighted by Crippen LogP contribution is 2.42. The highest BCUT2D eigenvalue weighted by molar-refractivity contribution is 6.27. The molecule has 0 aliphatic carbocycles. The molecule has 0 heterocycles. The van der Waals surface area contributed by atoms with Crippen molar-refractivity contribution in [2.75, 3.05) is 0 Å². The normalized spacial score (nSPS) is 11.7. The first-order valence-electron chi connectivity index (χ1n) is 17.0. The van der Waals surface area contributed by atoms with Gasteiger partial charge in [-0.15, -0.1) is 4.91 Å². The fourth-order valence-electron chi connectivity index (χ4n) is 8.09. The maximum atomic E-state index is 12.0. The zero-order valence-corrected chi connectivity index (χ0v) is 27.1. The average Bonchev–Trinajstić information content (AvgIpc) is 3.20. The van der Waals surface area contributed by atoms with Crippen molar-refractivity contribution in [1.29, 1.82) is 0 Å². The van der Waals surface area contributed by atoms with Gasteiger partial charge in [0, 0.05) is 5.56 Å². The van der Waals surface area contributed by atoms with Crippen molar-refractivity contribution in [2.45, 2.75) is 0 Å². The van der Waals surface area contributed by atoms with Crippen LogP contribution in [0.3, 0.4) is 0 Å². The van der Waals surface area contributed by atoms with Crippen LogP contribution in [0.1, 0.15) is 0 Å². The van der Waals surface area contributed by atoms with Crippen LogP contribution in [0.5, 0.6) is 0 Å². The van der Waals surface area contributed by atoms with Crippen LogP contribution in [0.15, 0.2) is 181 Å². The van der Waals surface area contributed by atoms with E-state index in [4.69, 9.17) is 0 Å². The Labute approximate surface area is 288 Å². The second-order valence-electron chi connectivity index (χ2n) is 13.1. The minimum Gasteiger partial charge on any atom is -0.145 e. The standard InChI is InChI=1S/C48H29NO/c50-49-48-20-10-9-11-35(48)34-26-32(30-21-23-44-40-16-3-1-12-36(40)38-14-5-7-18-42(38)46(44)28-30)25-33(27-34)31-22-24-45-41-17-4-2-13-37(41)39-15-6-8-19-43(39)47(45)29-31/h1-29H. The van der Waals surface area contributed by atoms with Crippen LogP contribution in [0.2, 0.25) is 0 Å². The van der Waals surface area contributed by atoms with Crippen LogP contribution in [-0.4, -0.2) is 0 Å². The van der Waals surface area contributed by atoms with Crippen molar-refractivity contribution < 1.29 is 0 Å². The van der Waals surface area contributed by atoms with Gasteiger partial charge in [-0.3, -0.25) is 0 Å². The summed E-state index contributed by atoms with van der Waals surface area (Å²) < 4.78 is 0. The summed E-state index contributed by atoms with van der Waals surface area (Å²) in [4.78, 5) is 12.0. The zero-order valence-electron chi connectivity index (χ0n) is 27.1. The summed E-state index contributed by atoms with van der Waals surface area (Å²) in [6, 6.07) is 62.7. The van der Waals surface area contributed by atoms with Gasteiger partial charge in [0.25, 0.3) is 0 Å². The molecule has 2 heteroatoms. The average molecular weight is 636 g/mol. The summed E-state index contributed by atoms with van der Waals surface area (Å²) in [6.07, 6.45) is 0. The van der Waals surface area contributed by atoms with Gasteiger partial charge in [-0.25, -0.2) is 0 Å². The van der Waals surface area contributed by atoms with Crippen molar-refractivity contribution in [3.63, 3.8) is 0 Å². The number of nitroso groups, excluding NO2 is 1. The number of benzene rings is 10. The van der Waals surface area contributed by atoms with Crippen molar-refractivity contribution in [2.24, 2.45) is 5.18 Å². The molecule has 0 spiro atoms. The van der Waals surface area contributed by atoms with E-state index in [2.05, 4.69) is 157 Å². The summed E-state index contributed by atoms with van der Waals surface area (Å²) >= 11 is 0. The highest BCUT2D eigenvalue weighted by Gasteiger charge is 2.15. The minimum absolute atomic E-state index is 0.433. The molecular formula is C48H29NO. The Morgan fingerprint density at radius 2 is 0.580 bits per heavy atom. The molecule has 0 aliphatic rings. The predicted octanol–water partition coefficient (Wildman–Crippen LogP) is 14.0. The molecule has 2 nitrogen and oxygen atoms in total. The first-order valence-corrected chi connectivity index (χ1v) is 17.0. The zero-order chi connectivity index (χ0) is 33.2. The minimum atomic E-state index is 0.433. The highest BCUT2D eigenvalue weighted by atomic mass is 16.3. The Bertz CT molecular complexity index is 2760. The van der Waals surface area contributed by atoms with Gasteiger partial charge in [0.1, 0.15) is 5.69 Å². The lowest BCUT2D eigenvalue weighted by atomic mass is 9.88. The molecular weight excluding hydrogens is 607 g/mol. The molecule has 50 heavy (non-hydrogen) atoms. The maximum absolute atomic E-state index is 12.0. The number of hydrogen-bond acceptors (Lipinski definition) is 2. The van der Waals surface area contributed by atoms with E-state index in [0.717, 1.165) is 33.4 Å². The van der Waals surface area contributed by atoms with Crippen LogP contribution < -0.4 is 0 Å². The summed E-state index contributed by atoms with van der Waals surface area (Å²) in [7, 11) is 0. The third-order valence-corrected chi connectivity index (χ3v) is 10.4. The summed E-state index contributed by atoms with van der Waals surface area (Å²) in [5, 5.41) is 18.4. The van der Waals surface area contributed by atoms with Crippen molar-refractivity contribution in [1.82, 2.24) is 0 Å². The summed E-state index contributed by atoms with van der Waals surface area (Å²) in [5.74, 6) is 0. The molecule has 0 saturated heterocycles. The van der Waals surface area contributed by atoms with Gasteiger partial charge in [-0.2, -0.15) is 0 Å². The van der Waals surface area contributed by atoms with Gasteiger partial charge in [0.2, 0.25) is 0 Å². The van der Waals surface area contributed by atoms with Gasteiger partial charge < -0.3 is 0 Å². The van der Waals surface area contributed by atoms with Gasteiger partial charge in [-0.1, -0.05) is 140 Å². The Hall–Kier alpha value is -6.64. The lowest BCUT2D eigenvalue weighted by Crippen LogP contribution is -1.89. The van der Waals surface area contributed by atoms with E-state index in [1.807, 2.05) is 18.2 Å². The molecule has 0 bridgehead atoms. The molecule has 10 aromatic carbocycles. The van der Waals surface area contributed by atoms with Crippen molar-refractivity contribution in [3.05, 3.63) is 181 Å². The van der Waals surface area contributed by atoms with E-state index >= 15 is 0 Å². The Balaban J connectivity index is 1.24. The number of hydrogen-bond donors (Lipinski definition) is 0. The molecule has 10 aromatic rings. The third kappa shape index (κ3) is 4.36. The fraction of sp³-hybridized carbons (Fsp3) is 0. The lowest BCUT2D eigenvalue weighted by Gasteiger charge is -2.15. The SMILES string of the molecule is O=Nc1ccccc1-c1cc(-c2ccc3c4ccccc4c4ccccc4c3c2)cc(-c2ccc3c4ccccc4c4ccccc4c3c2)c1. The Morgan fingerprint density at radius 1 is 0.260 bits per heavy atom. The molecule has 0 aromatic heterocycles. The van der Waals surface area contributed by atoms with Gasteiger partial charge in [0.05, 0.1) is 0 Å². The summed E-state index contributed by atoms with van der Waals surface area (Å²) in [5.41, 5.74) is 6.62. The van der Waals surface area contributed by atoms with Crippen molar-refractivity contribution >= 4 is 70.3 Å². The molecule has 0 N–H and O–H groups in total. The Kier molecular flexibility index (Phi) is 6.37. The van der Waals surface area contributed by atoms with E-state index in [1.165, 1.54) is 64.6 Å². The number of fused-ring (bicyclic) bond motifs is 12. The van der Waals surface area contributed by atoms with E-state index < -0.39 is 0 Å². The third-order valence-electron chi connectivity index (χ3n) is 10.4. The van der Waals surface area contributed by atoms with E-state index in [9.17, 15) is 4.91 Å². The first kappa shape index (κ1) is 28.4. The quantitative estimate of drug-likeness (QED) is 0.140. The van der Waals surface area contributed by atoms with E-state index in [0.29, 0.717) is 5.69 Å². The topological polar surface area (TPSA) is 29.4 Å². The second-order valence-corrected chi connectivity index (χ2v) is 13.1. The van der Waals surface area contributed by atoms with Crippen LogP contribution in [0.4, 0.5) is 5.69 Å². The monoisotopic (exact) mass is 635 g/mol. The van der Waals surface area contributed by atoms with Crippen LogP contribution in [0.25, 0.3) is 98.0 Å². The molecule has 0 aliphatic heterocycles. The first-order chi connectivity index (χ1) is 24.7.